The molecule has 0 spiro atoms. The predicted molar refractivity (Wildman–Crippen MR) is 108 cm³/mol. The van der Waals surface area contributed by atoms with Gasteiger partial charge in [-0.05, 0) is 44.7 Å². The van der Waals surface area contributed by atoms with Gasteiger partial charge in [0, 0.05) is 44.6 Å². The molecule has 2 aliphatic heterocycles. The second kappa shape index (κ2) is 7.88. The van der Waals surface area contributed by atoms with Gasteiger partial charge in [-0.15, -0.1) is 0 Å². The molecule has 140 valence electrons. The Balaban J connectivity index is 1.48. The molecular formula is C19H28N6S. The molecule has 4 rings (SSSR count). The first-order chi connectivity index (χ1) is 12.7. The lowest BCUT2D eigenvalue weighted by atomic mass is 10.1. The number of hydrogen-bond acceptors (Lipinski definition) is 7. The van der Waals surface area contributed by atoms with Gasteiger partial charge in [0.1, 0.15) is 0 Å². The Kier molecular flexibility index (Phi) is 5.36. The summed E-state index contributed by atoms with van der Waals surface area (Å²) >= 11 is 1.75. The van der Waals surface area contributed by atoms with E-state index in [1.54, 1.807) is 11.3 Å². The first kappa shape index (κ1) is 17.7. The molecule has 26 heavy (non-hydrogen) atoms. The number of hydrogen-bond donors (Lipinski definition) is 1. The van der Waals surface area contributed by atoms with Gasteiger partial charge in [-0.2, -0.15) is 0 Å². The normalized spacial score (nSPS) is 19.2. The molecule has 7 heteroatoms. The number of nitrogens with zero attached hydrogens (tertiary/aromatic N) is 5. The summed E-state index contributed by atoms with van der Waals surface area (Å²) in [6.07, 6.45) is 8.75. The highest BCUT2D eigenvalue weighted by molar-refractivity contribution is 7.18. The van der Waals surface area contributed by atoms with Crippen LogP contribution in [0.1, 0.15) is 38.2 Å². The van der Waals surface area contributed by atoms with Gasteiger partial charge in [-0.3, -0.25) is 0 Å². The lowest BCUT2D eigenvalue weighted by Crippen LogP contribution is -2.39. The Morgan fingerprint density at radius 2 is 1.88 bits per heavy atom. The predicted octanol–water partition coefficient (Wildman–Crippen LogP) is 3.40. The maximum absolute atomic E-state index is 4.83. The van der Waals surface area contributed by atoms with E-state index in [4.69, 9.17) is 4.98 Å². The first-order valence-electron chi connectivity index (χ1n) is 9.76. The van der Waals surface area contributed by atoms with E-state index in [1.165, 1.54) is 12.8 Å². The molecule has 2 aliphatic rings. The van der Waals surface area contributed by atoms with Crippen LogP contribution in [0, 0.1) is 6.92 Å². The summed E-state index contributed by atoms with van der Waals surface area (Å²) in [4.78, 5) is 20.0. The van der Waals surface area contributed by atoms with E-state index in [0.717, 1.165) is 72.8 Å². The maximum Gasteiger partial charge on any atom is 0.223 e. The maximum atomic E-state index is 4.83. The van der Waals surface area contributed by atoms with Crippen LogP contribution in [-0.2, 0) is 0 Å². The van der Waals surface area contributed by atoms with Gasteiger partial charge in [-0.25, -0.2) is 15.0 Å². The van der Waals surface area contributed by atoms with Crippen LogP contribution in [-0.4, -0.2) is 58.6 Å². The number of piperidine rings is 1. The van der Waals surface area contributed by atoms with Crippen molar-refractivity contribution in [2.24, 2.45) is 0 Å². The number of aryl methyl sites for hydroxylation is 1. The molecule has 2 fully saturated rings. The summed E-state index contributed by atoms with van der Waals surface area (Å²) in [7, 11) is 0. The minimum absolute atomic E-state index is 0.468. The molecule has 2 aromatic rings. The average Bonchev–Trinajstić information content (AvgIpc) is 3.35. The summed E-state index contributed by atoms with van der Waals surface area (Å²) in [5, 5.41) is 4.67. The number of aromatic nitrogens is 3. The van der Waals surface area contributed by atoms with Crippen molar-refractivity contribution in [2.45, 2.75) is 45.6 Å². The molecule has 1 N–H and O–H groups in total. The molecule has 2 saturated heterocycles. The van der Waals surface area contributed by atoms with Crippen LogP contribution >= 0.6 is 11.3 Å². The van der Waals surface area contributed by atoms with Gasteiger partial charge in [0.25, 0.3) is 0 Å². The Bertz CT molecular complexity index is 731. The number of likely N-dealkylation sites (tertiary alicyclic amines) is 1. The Morgan fingerprint density at radius 1 is 1.12 bits per heavy atom. The molecular weight excluding hydrogens is 344 g/mol. The third-order valence-electron chi connectivity index (χ3n) is 5.44. The quantitative estimate of drug-likeness (QED) is 0.868. The van der Waals surface area contributed by atoms with Gasteiger partial charge < -0.3 is 15.1 Å². The lowest BCUT2D eigenvalue weighted by Gasteiger charge is -2.31. The van der Waals surface area contributed by atoms with Crippen LogP contribution in [0.4, 0.5) is 11.1 Å². The summed E-state index contributed by atoms with van der Waals surface area (Å²) in [6, 6.07) is 0.468. The van der Waals surface area contributed by atoms with Crippen molar-refractivity contribution in [1.82, 2.24) is 19.9 Å². The molecule has 6 nitrogen and oxygen atoms in total. The van der Waals surface area contributed by atoms with Crippen LogP contribution in [0.15, 0.2) is 12.4 Å². The highest BCUT2D eigenvalue weighted by atomic mass is 32.1. The van der Waals surface area contributed by atoms with Crippen molar-refractivity contribution >= 4 is 22.4 Å². The zero-order valence-electron chi connectivity index (χ0n) is 15.7. The van der Waals surface area contributed by atoms with Gasteiger partial charge in [0.15, 0.2) is 5.13 Å². The fourth-order valence-electron chi connectivity index (χ4n) is 3.77. The molecule has 2 aromatic heterocycles. The largest absolute Gasteiger partial charge is 0.351 e. The number of rotatable bonds is 5. The van der Waals surface area contributed by atoms with E-state index in [-0.39, 0.29) is 0 Å². The van der Waals surface area contributed by atoms with Crippen LogP contribution < -0.4 is 10.2 Å². The van der Waals surface area contributed by atoms with Gasteiger partial charge in [-0.1, -0.05) is 18.3 Å². The Hall–Kier alpha value is -1.73. The number of nitrogens with one attached hydrogen (secondary N) is 1. The highest BCUT2D eigenvalue weighted by Gasteiger charge is 2.20. The summed E-state index contributed by atoms with van der Waals surface area (Å²) in [6.45, 7) is 10.0. The molecule has 0 saturated carbocycles. The molecule has 0 aliphatic carbocycles. The van der Waals surface area contributed by atoms with E-state index in [9.17, 15) is 0 Å². The topological polar surface area (TPSA) is 57.2 Å². The van der Waals surface area contributed by atoms with Crippen LogP contribution in [0.5, 0.6) is 0 Å². The summed E-state index contributed by atoms with van der Waals surface area (Å²) in [5.74, 6) is 0.747. The van der Waals surface area contributed by atoms with E-state index >= 15 is 0 Å². The second-order valence-corrected chi connectivity index (χ2v) is 8.29. The van der Waals surface area contributed by atoms with Gasteiger partial charge in [0.05, 0.1) is 10.6 Å². The minimum Gasteiger partial charge on any atom is -0.351 e. The highest BCUT2D eigenvalue weighted by Crippen LogP contribution is 2.33. The molecule has 0 unspecified atom stereocenters. The van der Waals surface area contributed by atoms with Crippen molar-refractivity contribution in [2.75, 3.05) is 42.9 Å². The minimum atomic E-state index is 0.468. The fraction of sp³-hybridized carbons (Fsp3) is 0.632. The van der Waals surface area contributed by atoms with Crippen molar-refractivity contribution in [3.63, 3.8) is 0 Å². The average molecular weight is 373 g/mol. The van der Waals surface area contributed by atoms with Crippen molar-refractivity contribution < 1.29 is 0 Å². The van der Waals surface area contributed by atoms with Crippen LogP contribution in [0.3, 0.4) is 0 Å². The Labute approximate surface area is 159 Å². The van der Waals surface area contributed by atoms with Crippen LogP contribution in [0.2, 0.25) is 0 Å². The molecule has 0 radical (unpaired) electrons. The summed E-state index contributed by atoms with van der Waals surface area (Å²) in [5.41, 5.74) is 2.12. The van der Waals surface area contributed by atoms with Crippen molar-refractivity contribution in [3.05, 3.63) is 18.0 Å². The smallest absolute Gasteiger partial charge is 0.223 e. The third-order valence-corrected chi connectivity index (χ3v) is 6.51. The molecule has 0 amide bonds. The van der Waals surface area contributed by atoms with Crippen molar-refractivity contribution in [3.8, 4) is 10.6 Å². The SMILES string of the molecule is CCN1CCC(Nc2ncc(C)c(-c3cnc(N4CCCC4)s3)n2)CC1. The fourth-order valence-corrected chi connectivity index (χ4v) is 4.79. The monoisotopic (exact) mass is 372 g/mol. The van der Waals surface area contributed by atoms with Crippen LogP contribution in [0.25, 0.3) is 10.6 Å². The molecule has 0 atom stereocenters. The van der Waals surface area contributed by atoms with Crippen molar-refractivity contribution in [1.29, 1.82) is 0 Å². The van der Waals surface area contributed by atoms with E-state index in [2.05, 4.69) is 38.9 Å². The molecule has 4 heterocycles. The lowest BCUT2D eigenvalue weighted by molar-refractivity contribution is 0.229. The second-order valence-electron chi connectivity index (χ2n) is 7.28. The van der Waals surface area contributed by atoms with E-state index < -0.39 is 0 Å². The Morgan fingerprint density at radius 3 is 2.62 bits per heavy atom. The van der Waals surface area contributed by atoms with E-state index in [1.807, 2.05) is 12.4 Å². The van der Waals surface area contributed by atoms with Gasteiger partial charge in [0.2, 0.25) is 5.95 Å². The first-order valence-corrected chi connectivity index (χ1v) is 10.6. The van der Waals surface area contributed by atoms with Gasteiger partial charge >= 0.3 is 0 Å². The molecule has 0 bridgehead atoms. The zero-order valence-corrected chi connectivity index (χ0v) is 16.6. The summed E-state index contributed by atoms with van der Waals surface area (Å²) < 4.78 is 0. The third kappa shape index (κ3) is 3.83. The molecule has 0 aromatic carbocycles. The number of thiazole rings is 1. The standard InChI is InChI=1S/C19H28N6S/c1-3-24-10-6-15(7-11-24)22-18-20-12-14(2)17(23-18)16-13-21-19(26-16)25-8-4-5-9-25/h12-13,15H,3-11H2,1-2H3,(H,20,22,23). The number of anilines is 2. The zero-order chi connectivity index (χ0) is 17.9. The van der Waals surface area contributed by atoms with E-state index in [0.29, 0.717) is 6.04 Å².